The Bertz CT molecular complexity index is 1650. The van der Waals surface area contributed by atoms with Gasteiger partial charge in [0.1, 0.15) is 5.75 Å². The van der Waals surface area contributed by atoms with Crippen LogP contribution in [0.1, 0.15) is 55.7 Å². The molecule has 6 rings (SSSR count). The van der Waals surface area contributed by atoms with Crippen molar-refractivity contribution in [1.29, 1.82) is 0 Å². The number of ether oxygens (including phenoxy) is 2. The molecule has 41 heavy (non-hydrogen) atoms. The highest BCUT2D eigenvalue weighted by molar-refractivity contribution is 6.05. The standard InChI is InChI=1S/C34H39N3O4/c1-22(16-19-41-29-13-9-11-24-10-5-6-12-25(24)29)27-20-37-17-7-8-18-40-21-28-31(34(3,33(38)39)35-36(28)4)30-23(2)14-15-26(27)32(30)37/h5-6,9-15,20,22,35H,7-8,16-19,21H2,1-4H3,(H,38,39). The fraction of sp³-hybridized carbons (Fsp3) is 0.382. The Morgan fingerprint density at radius 2 is 1.93 bits per heavy atom. The second-order valence-electron chi connectivity index (χ2n) is 11.6. The Balaban J connectivity index is 1.40. The number of hydrogen-bond donors (Lipinski definition) is 2. The first kappa shape index (κ1) is 27.4. The number of benzene rings is 3. The molecule has 0 saturated heterocycles. The fourth-order valence-electron chi connectivity index (χ4n) is 6.52. The Morgan fingerprint density at radius 3 is 2.76 bits per heavy atom. The van der Waals surface area contributed by atoms with E-state index in [-0.39, 0.29) is 5.92 Å². The van der Waals surface area contributed by atoms with Crippen molar-refractivity contribution in [2.24, 2.45) is 0 Å². The zero-order chi connectivity index (χ0) is 28.7. The maximum atomic E-state index is 12.7. The molecular formula is C34H39N3O4. The van der Waals surface area contributed by atoms with Crippen molar-refractivity contribution in [3.05, 3.63) is 83.2 Å². The summed E-state index contributed by atoms with van der Waals surface area (Å²) in [7, 11) is 1.88. The molecule has 2 atom stereocenters. The van der Waals surface area contributed by atoms with E-state index in [2.05, 4.69) is 60.4 Å². The van der Waals surface area contributed by atoms with Crippen molar-refractivity contribution in [3.8, 4) is 5.75 Å². The van der Waals surface area contributed by atoms with Gasteiger partial charge in [-0.3, -0.25) is 0 Å². The van der Waals surface area contributed by atoms with E-state index in [4.69, 9.17) is 9.47 Å². The summed E-state index contributed by atoms with van der Waals surface area (Å²) >= 11 is 0. The number of nitrogens with zero attached hydrogens (tertiary/aromatic N) is 2. The number of fused-ring (bicyclic) bond motifs is 2. The zero-order valence-corrected chi connectivity index (χ0v) is 24.4. The van der Waals surface area contributed by atoms with E-state index in [0.29, 0.717) is 19.8 Å². The quantitative estimate of drug-likeness (QED) is 0.284. The molecule has 3 aromatic carbocycles. The average molecular weight is 554 g/mol. The molecule has 214 valence electrons. The van der Waals surface area contributed by atoms with Crippen LogP contribution in [-0.4, -0.2) is 53.1 Å². The first-order valence-electron chi connectivity index (χ1n) is 14.6. The SMILES string of the molecule is Cc1ccc2c(C(C)CCOc3cccc4ccccc34)cn3c2c1C1=C(COCCCC3)N(C)NC1(C)C(=O)O. The molecule has 0 bridgehead atoms. The summed E-state index contributed by atoms with van der Waals surface area (Å²) < 4.78 is 14.7. The lowest BCUT2D eigenvalue weighted by molar-refractivity contribution is -0.142. The van der Waals surface area contributed by atoms with Crippen molar-refractivity contribution in [2.45, 2.75) is 58.0 Å². The van der Waals surface area contributed by atoms with Gasteiger partial charge in [-0.1, -0.05) is 55.5 Å². The molecule has 3 heterocycles. The van der Waals surface area contributed by atoms with Crippen LogP contribution < -0.4 is 10.2 Å². The van der Waals surface area contributed by atoms with E-state index in [1.54, 1.807) is 6.92 Å². The van der Waals surface area contributed by atoms with E-state index in [9.17, 15) is 9.90 Å². The molecule has 1 aromatic heterocycles. The van der Waals surface area contributed by atoms with E-state index in [0.717, 1.165) is 64.9 Å². The second kappa shape index (κ2) is 10.9. The molecular weight excluding hydrogens is 514 g/mol. The molecule has 2 aliphatic heterocycles. The lowest BCUT2D eigenvalue weighted by atomic mass is 9.83. The van der Waals surface area contributed by atoms with Gasteiger partial charge in [0.2, 0.25) is 0 Å². The summed E-state index contributed by atoms with van der Waals surface area (Å²) in [6.45, 7) is 8.58. The van der Waals surface area contributed by atoms with Crippen LogP contribution in [0.4, 0.5) is 0 Å². The number of aromatic nitrogens is 1. The monoisotopic (exact) mass is 553 g/mol. The van der Waals surface area contributed by atoms with Gasteiger partial charge in [0.25, 0.3) is 0 Å². The third-order valence-electron chi connectivity index (χ3n) is 8.81. The number of carboxylic acid groups (broad SMARTS) is 1. The number of rotatable bonds is 6. The van der Waals surface area contributed by atoms with Gasteiger partial charge in [-0.2, -0.15) is 0 Å². The van der Waals surface area contributed by atoms with Crippen LogP contribution in [0.5, 0.6) is 5.75 Å². The number of aryl methyl sites for hydroxylation is 2. The number of nitrogens with one attached hydrogen (secondary N) is 1. The predicted molar refractivity (Wildman–Crippen MR) is 163 cm³/mol. The van der Waals surface area contributed by atoms with Gasteiger partial charge < -0.3 is 24.2 Å². The molecule has 7 heteroatoms. The zero-order valence-electron chi connectivity index (χ0n) is 24.4. The van der Waals surface area contributed by atoms with Crippen LogP contribution in [-0.2, 0) is 16.1 Å². The van der Waals surface area contributed by atoms with Gasteiger partial charge in [0.15, 0.2) is 5.54 Å². The number of carbonyl (C=O) groups is 1. The molecule has 0 aliphatic carbocycles. The molecule has 0 spiro atoms. The highest BCUT2D eigenvalue weighted by atomic mass is 16.5. The minimum absolute atomic E-state index is 0.254. The van der Waals surface area contributed by atoms with Crippen molar-refractivity contribution in [2.75, 3.05) is 26.9 Å². The fourth-order valence-corrected chi connectivity index (χ4v) is 6.52. The molecule has 0 radical (unpaired) electrons. The van der Waals surface area contributed by atoms with Crippen molar-refractivity contribution >= 4 is 33.2 Å². The van der Waals surface area contributed by atoms with Gasteiger partial charge in [-0.25, -0.2) is 10.2 Å². The summed E-state index contributed by atoms with van der Waals surface area (Å²) in [6.07, 6.45) is 5.09. The summed E-state index contributed by atoms with van der Waals surface area (Å²) in [5, 5.41) is 15.8. The third kappa shape index (κ3) is 4.77. The van der Waals surface area contributed by atoms with Gasteiger partial charge in [-0.15, -0.1) is 0 Å². The second-order valence-corrected chi connectivity index (χ2v) is 11.6. The van der Waals surface area contributed by atoms with Crippen LogP contribution in [0, 0.1) is 6.92 Å². The van der Waals surface area contributed by atoms with Gasteiger partial charge in [-0.05, 0) is 61.6 Å². The van der Waals surface area contributed by atoms with E-state index in [1.165, 1.54) is 16.3 Å². The number of likely N-dealkylation sites (N-methyl/N-ethyl adjacent to an activating group) is 1. The van der Waals surface area contributed by atoms with E-state index in [1.807, 2.05) is 36.3 Å². The lowest BCUT2D eigenvalue weighted by Gasteiger charge is -2.26. The molecule has 0 amide bonds. The normalized spacial score (nSPS) is 20.2. The van der Waals surface area contributed by atoms with Crippen LogP contribution in [0.2, 0.25) is 0 Å². The minimum Gasteiger partial charge on any atom is -0.493 e. The van der Waals surface area contributed by atoms with Gasteiger partial charge >= 0.3 is 5.97 Å². The molecule has 7 nitrogen and oxygen atoms in total. The first-order chi connectivity index (χ1) is 19.8. The van der Waals surface area contributed by atoms with Crippen LogP contribution in [0.15, 0.2) is 66.5 Å². The summed E-state index contributed by atoms with van der Waals surface area (Å²) in [5.74, 6) is 0.264. The molecule has 2 aliphatic rings. The van der Waals surface area contributed by atoms with Crippen LogP contribution >= 0.6 is 0 Å². The van der Waals surface area contributed by atoms with Crippen LogP contribution in [0.25, 0.3) is 27.2 Å². The summed E-state index contributed by atoms with van der Waals surface area (Å²) in [4.78, 5) is 12.7. The predicted octanol–water partition coefficient (Wildman–Crippen LogP) is 6.49. The number of carboxylic acids is 1. The van der Waals surface area contributed by atoms with Gasteiger partial charge in [0, 0.05) is 48.3 Å². The van der Waals surface area contributed by atoms with Gasteiger partial charge in [0.05, 0.1) is 24.4 Å². The van der Waals surface area contributed by atoms with E-state index >= 15 is 0 Å². The Labute approximate surface area is 241 Å². The van der Waals surface area contributed by atoms with Crippen molar-refractivity contribution in [1.82, 2.24) is 15.0 Å². The first-order valence-corrected chi connectivity index (χ1v) is 14.6. The molecule has 4 aromatic rings. The smallest absolute Gasteiger partial charge is 0.330 e. The van der Waals surface area contributed by atoms with Crippen LogP contribution in [0.3, 0.4) is 0 Å². The maximum Gasteiger partial charge on any atom is 0.330 e. The van der Waals surface area contributed by atoms with Crippen molar-refractivity contribution < 1.29 is 19.4 Å². The maximum absolute atomic E-state index is 12.7. The Hall–Kier alpha value is -3.81. The lowest BCUT2D eigenvalue weighted by Crippen LogP contribution is -2.50. The Morgan fingerprint density at radius 1 is 1.12 bits per heavy atom. The minimum atomic E-state index is -1.27. The van der Waals surface area contributed by atoms with Crippen molar-refractivity contribution in [3.63, 3.8) is 0 Å². The van der Waals surface area contributed by atoms with E-state index < -0.39 is 11.5 Å². The third-order valence-corrected chi connectivity index (χ3v) is 8.81. The summed E-state index contributed by atoms with van der Waals surface area (Å²) in [5.41, 5.74) is 8.06. The number of aliphatic carboxylic acids is 1. The average Bonchev–Trinajstić information content (AvgIpc) is 3.44. The number of hydrogen-bond acceptors (Lipinski definition) is 5. The topological polar surface area (TPSA) is 76.0 Å². The molecule has 0 fully saturated rings. The highest BCUT2D eigenvalue weighted by Crippen LogP contribution is 2.44. The summed E-state index contributed by atoms with van der Waals surface area (Å²) in [6, 6.07) is 18.9. The molecule has 0 saturated carbocycles. The largest absolute Gasteiger partial charge is 0.493 e. The molecule has 2 unspecified atom stereocenters. The Kier molecular flexibility index (Phi) is 7.26. The number of hydrazine groups is 1. The highest BCUT2D eigenvalue weighted by Gasteiger charge is 2.48. The molecule has 2 N–H and O–H groups in total.